The third-order valence-corrected chi connectivity index (χ3v) is 8.80. The Morgan fingerprint density at radius 1 is 1.17 bits per heavy atom. The molecule has 2 aliphatic heterocycles. The second kappa shape index (κ2) is 5.82. The highest BCUT2D eigenvalue weighted by atomic mass is 32.2. The quantitative estimate of drug-likeness (QED) is 0.808. The molecule has 23 heavy (non-hydrogen) atoms. The largest absolute Gasteiger partial charge is 0.298 e. The molecule has 0 unspecified atom stereocenters. The summed E-state index contributed by atoms with van der Waals surface area (Å²) >= 11 is 0. The lowest BCUT2D eigenvalue weighted by Crippen LogP contribution is -2.45. The number of nitrogens with zero attached hydrogens (tertiary/aromatic N) is 1. The molecule has 0 bridgehead atoms. The summed E-state index contributed by atoms with van der Waals surface area (Å²) in [4.78, 5) is 1.55. The molecule has 0 aromatic heterocycles. The minimum atomic E-state index is -4.05. The van der Waals surface area contributed by atoms with Crippen LogP contribution in [-0.2, 0) is 19.7 Å². The fourth-order valence-electron chi connectivity index (χ4n) is 3.50. The summed E-state index contributed by atoms with van der Waals surface area (Å²) in [5.74, 6) is -1.41. The number of sulfone groups is 2. The van der Waals surface area contributed by atoms with Gasteiger partial charge < -0.3 is 0 Å². The normalized spacial score (nSPS) is 28.3. The minimum absolute atomic E-state index is 0.162. The Morgan fingerprint density at radius 3 is 2.48 bits per heavy atom. The third kappa shape index (κ3) is 3.16. The van der Waals surface area contributed by atoms with E-state index in [4.69, 9.17) is 0 Å². The van der Waals surface area contributed by atoms with Gasteiger partial charge in [0, 0.05) is 6.04 Å². The molecule has 0 radical (unpaired) electrons. The van der Waals surface area contributed by atoms with E-state index in [9.17, 15) is 21.2 Å². The van der Waals surface area contributed by atoms with E-state index < -0.39 is 42.5 Å². The number of likely N-dealkylation sites (tertiary alicyclic amines) is 1. The van der Waals surface area contributed by atoms with Gasteiger partial charge in [-0.05, 0) is 50.6 Å². The van der Waals surface area contributed by atoms with Gasteiger partial charge in [0.15, 0.2) is 19.7 Å². The molecule has 1 aromatic rings. The zero-order valence-corrected chi connectivity index (χ0v) is 14.5. The van der Waals surface area contributed by atoms with E-state index in [0.29, 0.717) is 18.7 Å². The number of rotatable bonds is 3. The fraction of sp³-hybridized carbons (Fsp3) is 0.600. The predicted octanol–water partition coefficient (Wildman–Crippen LogP) is 1.17. The number of halogens is 1. The maximum atomic E-state index is 14.1. The summed E-state index contributed by atoms with van der Waals surface area (Å²) in [6, 6.07) is 3.33. The highest BCUT2D eigenvalue weighted by Crippen LogP contribution is 2.32. The number of aryl methyl sites for hydroxylation is 1. The van der Waals surface area contributed by atoms with Crippen molar-refractivity contribution in [2.45, 2.75) is 36.0 Å². The number of hydrogen-bond acceptors (Lipinski definition) is 5. The zero-order valence-electron chi connectivity index (χ0n) is 12.9. The Balaban J connectivity index is 2.04. The molecule has 8 heteroatoms. The number of benzene rings is 1. The molecular weight excluding hydrogens is 341 g/mol. The van der Waals surface area contributed by atoms with E-state index in [1.54, 1.807) is 6.92 Å². The van der Waals surface area contributed by atoms with E-state index >= 15 is 0 Å². The molecule has 0 amide bonds. The Hall–Kier alpha value is -0.990. The van der Waals surface area contributed by atoms with Gasteiger partial charge in [0.25, 0.3) is 0 Å². The Kier molecular flexibility index (Phi) is 4.27. The van der Waals surface area contributed by atoms with Crippen molar-refractivity contribution in [2.75, 3.05) is 24.6 Å². The van der Waals surface area contributed by atoms with Crippen LogP contribution >= 0.6 is 0 Å². The first-order valence-electron chi connectivity index (χ1n) is 7.65. The monoisotopic (exact) mass is 361 g/mol. The highest BCUT2D eigenvalue weighted by molar-refractivity contribution is 7.96. The van der Waals surface area contributed by atoms with Crippen LogP contribution in [0, 0.1) is 12.7 Å². The van der Waals surface area contributed by atoms with Crippen molar-refractivity contribution in [3.8, 4) is 0 Å². The van der Waals surface area contributed by atoms with Crippen molar-refractivity contribution in [3.63, 3.8) is 0 Å². The molecule has 2 fully saturated rings. The van der Waals surface area contributed by atoms with Gasteiger partial charge in [0.1, 0.15) is 10.7 Å². The van der Waals surface area contributed by atoms with E-state index in [-0.39, 0.29) is 10.6 Å². The second-order valence-electron chi connectivity index (χ2n) is 6.40. The highest BCUT2D eigenvalue weighted by Gasteiger charge is 2.49. The standard InChI is InChI=1S/C15H20FNO4S2/c1-11-4-5-12(16)14(8-11)23(20,21)15-10-22(18,19)9-13(15)17-6-2-3-7-17/h4-5,8,13,15H,2-3,6-7,9-10H2,1H3/t13-,15-/m0/s1. The topological polar surface area (TPSA) is 71.5 Å². The Bertz CT molecular complexity index is 814. The lowest BCUT2D eigenvalue weighted by molar-refractivity contribution is 0.264. The predicted molar refractivity (Wildman–Crippen MR) is 85.4 cm³/mol. The Labute approximate surface area is 136 Å². The molecule has 2 aliphatic rings. The van der Waals surface area contributed by atoms with Crippen LogP contribution in [0.3, 0.4) is 0 Å². The van der Waals surface area contributed by atoms with E-state index in [1.165, 1.54) is 12.1 Å². The molecule has 128 valence electrons. The van der Waals surface area contributed by atoms with Gasteiger partial charge in [0.05, 0.1) is 16.8 Å². The van der Waals surface area contributed by atoms with Crippen LogP contribution in [0.15, 0.2) is 23.1 Å². The van der Waals surface area contributed by atoms with Crippen LogP contribution in [0.1, 0.15) is 18.4 Å². The number of hydrogen-bond donors (Lipinski definition) is 0. The molecule has 0 aliphatic carbocycles. The average Bonchev–Trinajstić information content (AvgIpc) is 3.08. The molecule has 2 heterocycles. The second-order valence-corrected chi connectivity index (χ2v) is 10.7. The van der Waals surface area contributed by atoms with Gasteiger partial charge in [-0.1, -0.05) is 6.07 Å². The fourth-order valence-corrected chi connectivity index (χ4v) is 8.48. The van der Waals surface area contributed by atoms with Gasteiger partial charge in [-0.3, -0.25) is 4.90 Å². The summed E-state index contributed by atoms with van der Waals surface area (Å²) in [7, 11) is -7.48. The van der Waals surface area contributed by atoms with Crippen LogP contribution in [0.25, 0.3) is 0 Å². The first-order chi connectivity index (χ1) is 10.7. The molecule has 0 spiro atoms. The molecule has 0 N–H and O–H groups in total. The summed E-state index contributed by atoms with van der Waals surface area (Å²) in [6.45, 7) is 3.08. The zero-order chi connectivity index (χ0) is 16.8. The van der Waals surface area contributed by atoms with Crippen LogP contribution in [0.4, 0.5) is 4.39 Å². The van der Waals surface area contributed by atoms with Crippen LogP contribution < -0.4 is 0 Å². The maximum Gasteiger partial charge on any atom is 0.186 e. The van der Waals surface area contributed by atoms with Crippen molar-refractivity contribution >= 4 is 19.7 Å². The van der Waals surface area contributed by atoms with Crippen LogP contribution in [0.5, 0.6) is 0 Å². The van der Waals surface area contributed by atoms with Crippen molar-refractivity contribution in [2.24, 2.45) is 0 Å². The van der Waals surface area contributed by atoms with Gasteiger partial charge in [0.2, 0.25) is 0 Å². The van der Waals surface area contributed by atoms with E-state index in [2.05, 4.69) is 0 Å². The van der Waals surface area contributed by atoms with Gasteiger partial charge in [-0.25, -0.2) is 21.2 Å². The summed E-state index contributed by atoms with van der Waals surface area (Å²) < 4.78 is 64.0. The SMILES string of the molecule is Cc1ccc(F)c(S(=O)(=O)[C@H]2CS(=O)(=O)C[C@@H]2N2CCCC2)c1. The van der Waals surface area contributed by atoms with Crippen molar-refractivity contribution < 1.29 is 21.2 Å². The maximum absolute atomic E-state index is 14.1. The summed E-state index contributed by atoms with van der Waals surface area (Å²) in [5.41, 5.74) is 0.628. The van der Waals surface area contributed by atoms with Crippen LogP contribution in [-0.4, -0.2) is 57.6 Å². The van der Waals surface area contributed by atoms with E-state index in [0.717, 1.165) is 18.9 Å². The lowest BCUT2D eigenvalue weighted by Gasteiger charge is -2.27. The van der Waals surface area contributed by atoms with Gasteiger partial charge in [-0.2, -0.15) is 0 Å². The smallest absolute Gasteiger partial charge is 0.186 e. The summed E-state index contributed by atoms with van der Waals surface area (Å²) in [6.07, 6.45) is 1.87. The molecule has 1 aromatic carbocycles. The molecule has 0 saturated carbocycles. The molecule has 2 saturated heterocycles. The van der Waals surface area contributed by atoms with Crippen molar-refractivity contribution in [3.05, 3.63) is 29.6 Å². The minimum Gasteiger partial charge on any atom is -0.298 e. The first-order valence-corrected chi connectivity index (χ1v) is 11.0. The van der Waals surface area contributed by atoms with Crippen molar-refractivity contribution in [1.82, 2.24) is 4.90 Å². The van der Waals surface area contributed by atoms with Gasteiger partial charge in [-0.15, -0.1) is 0 Å². The molecule has 2 atom stereocenters. The van der Waals surface area contributed by atoms with E-state index in [1.807, 2.05) is 4.90 Å². The lowest BCUT2D eigenvalue weighted by atomic mass is 10.2. The molecule has 5 nitrogen and oxygen atoms in total. The van der Waals surface area contributed by atoms with Crippen LogP contribution in [0.2, 0.25) is 0 Å². The van der Waals surface area contributed by atoms with Gasteiger partial charge >= 0.3 is 0 Å². The first kappa shape index (κ1) is 16.9. The summed E-state index contributed by atoms with van der Waals surface area (Å²) in [5, 5.41) is -1.10. The molecular formula is C15H20FNO4S2. The molecule has 3 rings (SSSR count). The van der Waals surface area contributed by atoms with Crippen molar-refractivity contribution in [1.29, 1.82) is 0 Å². The Morgan fingerprint density at radius 2 is 1.83 bits per heavy atom. The average molecular weight is 361 g/mol. The third-order valence-electron chi connectivity index (χ3n) is 4.67.